The van der Waals surface area contributed by atoms with Crippen LogP contribution in [0.1, 0.15) is 23.4 Å². The quantitative estimate of drug-likeness (QED) is 0.910. The number of thiophene rings is 1. The molecule has 1 aromatic carbocycles. The van der Waals surface area contributed by atoms with Crippen molar-refractivity contribution in [1.82, 2.24) is 0 Å². The minimum atomic E-state index is -0.377. The molecule has 0 aliphatic rings. The number of ether oxygens (including phenoxy) is 1. The normalized spacial score (nSPS) is 12.4. The summed E-state index contributed by atoms with van der Waals surface area (Å²) in [5.74, 6) is -0.128. The summed E-state index contributed by atoms with van der Waals surface area (Å²) in [6.07, 6.45) is 0. The molecule has 0 radical (unpaired) electrons. The first-order valence-electron chi connectivity index (χ1n) is 5.47. The van der Waals surface area contributed by atoms with Crippen molar-refractivity contribution in [2.45, 2.75) is 19.6 Å². The summed E-state index contributed by atoms with van der Waals surface area (Å²) in [4.78, 5) is 1.03. The molecule has 2 aromatic rings. The lowest BCUT2D eigenvalue weighted by Crippen LogP contribution is -2.05. The Balaban J connectivity index is 2.08. The maximum atomic E-state index is 13.8. The molecule has 1 atom stereocenters. The van der Waals surface area contributed by atoms with Gasteiger partial charge in [-0.1, -0.05) is 6.07 Å². The van der Waals surface area contributed by atoms with Crippen LogP contribution in [0.3, 0.4) is 0 Å². The van der Waals surface area contributed by atoms with Crippen LogP contribution < -0.4 is 10.5 Å². The zero-order chi connectivity index (χ0) is 13.1. The summed E-state index contributed by atoms with van der Waals surface area (Å²) in [6.45, 7) is 2.17. The molecule has 0 aliphatic heterocycles. The van der Waals surface area contributed by atoms with Crippen LogP contribution in [0.15, 0.2) is 34.1 Å². The van der Waals surface area contributed by atoms with Crippen molar-refractivity contribution in [2.24, 2.45) is 5.73 Å². The lowest BCUT2D eigenvalue weighted by atomic mass is 10.1. The molecule has 5 heteroatoms. The van der Waals surface area contributed by atoms with Gasteiger partial charge >= 0.3 is 0 Å². The third kappa shape index (κ3) is 3.10. The third-order valence-electron chi connectivity index (χ3n) is 2.53. The van der Waals surface area contributed by atoms with Gasteiger partial charge in [0.25, 0.3) is 0 Å². The molecule has 2 rings (SSSR count). The van der Waals surface area contributed by atoms with E-state index in [4.69, 9.17) is 10.5 Å². The van der Waals surface area contributed by atoms with Crippen LogP contribution in [-0.2, 0) is 6.61 Å². The first-order chi connectivity index (χ1) is 8.58. The standard InChI is InChI=1S/C13H13BrFNOS/c1-8(16)9-2-3-12(11(15)6-9)17-7-13-10(14)4-5-18-13/h2-6,8H,7,16H2,1H3/t8-/m0/s1. The zero-order valence-corrected chi connectivity index (χ0v) is 12.2. The summed E-state index contributed by atoms with van der Waals surface area (Å²) in [5.41, 5.74) is 6.45. The first kappa shape index (κ1) is 13.5. The van der Waals surface area contributed by atoms with E-state index in [1.165, 1.54) is 6.07 Å². The molecule has 0 unspecified atom stereocenters. The van der Waals surface area contributed by atoms with Gasteiger partial charge < -0.3 is 10.5 Å². The average molecular weight is 330 g/mol. The first-order valence-corrected chi connectivity index (χ1v) is 7.15. The highest BCUT2D eigenvalue weighted by atomic mass is 79.9. The molecule has 0 aliphatic carbocycles. The van der Waals surface area contributed by atoms with Gasteiger partial charge in [0, 0.05) is 10.5 Å². The second-order valence-corrected chi connectivity index (χ2v) is 5.81. The number of benzene rings is 1. The molecule has 0 saturated carbocycles. The van der Waals surface area contributed by atoms with Crippen LogP contribution in [0, 0.1) is 5.82 Å². The van der Waals surface area contributed by atoms with Gasteiger partial charge in [0.2, 0.25) is 0 Å². The predicted octanol–water partition coefficient (Wildman–Crippen LogP) is 4.25. The van der Waals surface area contributed by atoms with E-state index in [-0.39, 0.29) is 17.6 Å². The number of hydrogen-bond donors (Lipinski definition) is 1. The zero-order valence-electron chi connectivity index (χ0n) is 9.82. The van der Waals surface area contributed by atoms with Gasteiger partial charge in [0.05, 0.1) is 4.88 Å². The van der Waals surface area contributed by atoms with Crippen LogP contribution in [0.25, 0.3) is 0 Å². The van der Waals surface area contributed by atoms with Gasteiger partial charge in [0.1, 0.15) is 6.61 Å². The summed E-state index contributed by atoms with van der Waals surface area (Å²) in [6, 6.07) is 6.59. The second-order valence-electron chi connectivity index (χ2n) is 3.96. The summed E-state index contributed by atoms with van der Waals surface area (Å²) >= 11 is 4.98. The Morgan fingerprint density at radius 1 is 1.44 bits per heavy atom. The van der Waals surface area contributed by atoms with E-state index in [2.05, 4.69) is 15.9 Å². The number of nitrogens with two attached hydrogens (primary N) is 1. The Labute approximate surface area is 118 Å². The highest BCUT2D eigenvalue weighted by Gasteiger charge is 2.09. The van der Waals surface area contributed by atoms with E-state index in [1.807, 2.05) is 18.4 Å². The monoisotopic (exact) mass is 329 g/mol. The topological polar surface area (TPSA) is 35.2 Å². The largest absolute Gasteiger partial charge is 0.485 e. The van der Waals surface area contributed by atoms with Crippen molar-refractivity contribution >= 4 is 27.3 Å². The van der Waals surface area contributed by atoms with Gasteiger partial charge in [0.15, 0.2) is 11.6 Å². The van der Waals surface area contributed by atoms with E-state index >= 15 is 0 Å². The molecule has 18 heavy (non-hydrogen) atoms. The van der Waals surface area contributed by atoms with Gasteiger partial charge in [-0.3, -0.25) is 0 Å². The summed E-state index contributed by atoms with van der Waals surface area (Å²) in [5, 5.41) is 1.96. The van der Waals surface area contributed by atoms with Crippen molar-refractivity contribution in [3.05, 3.63) is 50.4 Å². The molecular weight excluding hydrogens is 317 g/mol. The molecule has 0 fully saturated rings. The second kappa shape index (κ2) is 5.82. The molecule has 0 spiro atoms. The van der Waals surface area contributed by atoms with Crippen LogP contribution in [0.2, 0.25) is 0 Å². The van der Waals surface area contributed by atoms with Gasteiger partial charge in [-0.25, -0.2) is 4.39 Å². The van der Waals surface area contributed by atoms with Crippen molar-refractivity contribution < 1.29 is 9.13 Å². The molecule has 1 aromatic heterocycles. The SMILES string of the molecule is C[C@H](N)c1ccc(OCc2sccc2Br)c(F)c1. The molecule has 2 N–H and O–H groups in total. The fraction of sp³-hybridized carbons (Fsp3) is 0.231. The Hall–Kier alpha value is -0.910. The molecule has 0 saturated heterocycles. The molecule has 1 heterocycles. The van der Waals surface area contributed by atoms with Crippen molar-refractivity contribution in [3.8, 4) is 5.75 Å². The molecular formula is C13H13BrFNOS. The van der Waals surface area contributed by atoms with Gasteiger partial charge in [-0.2, -0.15) is 0 Å². The maximum Gasteiger partial charge on any atom is 0.165 e. The Morgan fingerprint density at radius 3 is 2.78 bits per heavy atom. The van der Waals surface area contributed by atoms with E-state index < -0.39 is 0 Å². The van der Waals surface area contributed by atoms with Gasteiger partial charge in [-0.05, 0) is 52.0 Å². The van der Waals surface area contributed by atoms with Crippen molar-refractivity contribution in [1.29, 1.82) is 0 Å². The number of rotatable bonds is 4. The van der Waals surface area contributed by atoms with E-state index in [9.17, 15) is 4.39 Å². The molecule has 96 valence electrons. The van der Waals surface area contributed by atoms with Crippen LogP contribution >= 0.6 is 27.3 Å². The Bertz CT molecular complexity index is 542. The lowest BCUT2D eigenvalue weighted by Gasteiger charge is -2.10. The van der Waals surface area contributed by atoms with E-state index in [1.54, 1.807) is 23.5 Å². The van der Waals surface area contributed by atoms with E-state index in [0.717, 1.165) is 14.9 Å². The fourth-order valence-electron chi connectivity index (χ4n) is 1.49. The average Bonchev–Trinajstić information content (AvgIpc) is 2.73. The number of halogens is 2. The van der Waals surface area contributed by atoms with Crippen LogP contribution in [0.4, 0.5) is 4.39 Å². The lowest BCUT2D eigenvalue weighted by molar-refractivity contribution is 0.292. The third-order valence-corrected chi connectivity index (χ3v) is 4.43. The summed E-state index contributed by atoms with van der Waals surface area (Å²) < 4.78 is 20.2. The minimum Gasteiger partial charge on any atom is -0.485 e. The highest BCUT2D eigenvalue weighted by Crippen LogP contribution is 2.26. The predicted molar refractivity (Wildman–Crippen MR) is 75.4 cm³/mol. The molecule has 0 bridgehead atoms. The number of hydrogen-bond acceptors (Lipinski definition) is 3. The minimum absolute atomic E-state index is 0.181. The Kier molecular flexibility index (Phi) is 4.37. The molecule has 0 amide bonds. The Morgan fingerprint density at radius 2 is 2.22 bits per heavy atom. The maximum absolute atomic E-state index is 13.8. The van der Waals surface area contributed by atoms with Gasteiger partial charge in [-0.15, -0.1) is 11.3 Å². The smallest absolute Gasteiger partial charge is 0.165 e. The fourth-order valence-corrected chi connectivity index (χ4v) is 2.87. The highest BCUT2D eigenvalue weighted by molar-refractivity contribution is 9.10. The van der Waals surface area contributed by atoms with Crippen LogP contribution in [0.5, 0.6) is 5.75 Å². The molecule has 2 nitrogen and oxygen atoms in total. The van der Waals surface area contributed by atoms with E-state index in [0.29, 0.717) is 6.61 Å². The van der Waals surface area contributed by atoms with Crippen molar-refractivity contribution in [2.75, 3.05) is 0 Å². The summed E-state index contributed by atoms with van der Waals surface area (Å²) in [7, 11) is 0. The van der Waals surface area contributed by atoms with Crippen molar-refractivity contribution in [3.63, 3.8) is 0 Å². The van der Waals surface area contributed by atoms with Crippen LogP contribution in [-0.4, -0.2) is 0 Å².